The summed E-state index contributed by atoms with van der Waals surface area (Å²) in [5.74, 6) is -0.439. The van der Waals surface area contributed by atoms with Gasteiger partial charge in [0.05, 0.1) is 16.7 Å². The van der Waals surface area contributed by atoms with Crippen LogP contribution >= 0.6 is 11.6 Å². The molecule has 0 spiro atoms. The summed E-state index contributed by atoms with van der Waals surface area (Å²) in [4.78, 5) is 11.7. The average molecular weight is 256 g/mol. The van der Waals surface area contributed by atoms with Gasteiger partial charge in [0.1, 0.15) is 6.61 Å². The number of nitrogens with two attached hydrogens (primary N) is 1. The van der Waals surface area contributed by atoms with Crippen LogP contribution in [-0.4, -0.2) is 25.3 Å². The number of esters is 1. The normalized spacial score (nSPS) is 19.2. The fraction of sp³-hybridized carbons (Fsp3) is 0.417. The molecule has 1 atom stereocenters. The van der Waals surface area contributed by atoms with Gasteiger partial charge in [0.2, 0.25) is 0 Å². The summed E-state index contributed by atoms with van der Waals surface area (Å²) in [6.45, 7) is 1.02. The van der Waals surface area contributed by atoms with Crippen LogP contribution in [-0.2, 0) is 9.47 Å². The molecule has 0 bridgehead atoms. The summed E-state index contributed by atoms with van der Waals surface area (Å²) in [6, 6.07) is 4.72. The molecule has 5 heteroatoms. The van der Waals surface area contributed by atoms with Crippen LogP contribution in [0.5, 0.6) is 0 Å². The summed E-state index contributed by atoms with van der Waals surface area (Å²) in [5, 5.41) is 0.308. The Labute approximate surface area is 105 Å². The highest BCUT2D eigenvalue weighted by Crippen LogP contribution is 2.20. The molecule has 0 radical (unpaired) electrons. The van der Waals surface area contributed by atoms with E-state index in [0.717, 1.165) is 19.4 Å². The monoisotopic (exact) mass is 255 g/mol. The molecular formula is C12H14ClNO3. The smallest absolute Gasteiger partial charge is 0.339 e. The van der Waals surface area contributed by atoms with Crippen molar-refractivity contribution in [2.24, 2.45) is 0 Å². The molecule has 17 heavy (non-hydrogen) atoms. The van der Waals surface area contributed by atoms with E-state index < -0.39 is 5.97 Å². The molecule has 1 heterocycles. The van der Waals surface area contributed by atoms with Crippen molar-refractivity contribution in [3.05, 3.63) is 28.8 Å². The van der Waals surface area contributed by atoms with E-state index in [9.17, 15) is 4.79 Å². The summed E-state index contributed by atoms with van der Waals surface area (Å²) >= 11 is 5.91. The molecule has 1 aliphatic heterocycles. The molecule has 2 rings (SSSR count). The number of benzene rings is 1. The van der Waals surface area contributed by atoms with Gasteiger partial charge in [-0.05, 0) is 31.0 Å². The van der Waals surface area contributed by atoms with E-state index in [2.05, 4.69) is 0 Å². The fourth-order valence-corrected chi connectivity index (χ4v) is 1.99. The predicted octanol–water partition coefficient (Wildman–Crippen LogP) is 2.26. The van der Waals surface area contributed by atoms with E-state index >= 15 is 0 Å². The molecule has 0 amide bonds. The summed E-state index contributed by atoms with van der Waals surface area (Å²) < 4.78 is 10.5. The molecule has 1 fully saturated rings. The number of nitrogen functional groups attached to an aromatic ring is 1. The number of carbonyl (C=O) groups excluding carboxylic acids is 1. The molecular weight excluding hydrogens is 242 g/mol. The van der Waals surface area contributed by atoms with Gasteiger partial charge >= 0.3 is 5.97 Å². The number of anilines is 1. The quantitative estimate of drug-likeness (QED) is 0.665. The topological polar surface area (TPSA) is 61.6 Å². The number of ether oxygens (including phenoxy) is 2. The molecule has 0 aliphatic carbocycles. The first-order valence-electron chi connectivity index (χ1n) is 5.50. The molecule has 1 aromatic rings. The largest absolute Gasteiger partial charge is 0.459 e. The summed E-state index contributed by atoms with van der Waals surface area (Å²) in [5.41, 5.74) is 6.40. The van der Waals surface area contributed by atoms with Gasteiger partial charge < -0.3 is 15.2 Å². The lowest BCUT2D eigenvalue weighted by Crippen LogP contribution is -2.18. The van der Waals surface area contributed by atoms with Crippen molar-refractivity contribution >= 4 is 23.3 Å². The van der Waals surface area contributed by atoms with Crippen molar-refractivity contribution in [3.8, 4) is 0 Å². The number of carbonyl (C=O) groups is 1. The minimum Gasteiger partial charge on any atom is -0.459 e. The first-order valence-corrected chi connectivity index (χ1v) is 5.88. The van der Waals surface area contributed by atoms with E-state index in [4.69, 9.17) is 26.8 Å². The van der Waals surface area contributed by atoms with Gasteiger partial charge in [-0.25, -0.2) is 4.79 Å². The highest BCUT2D eigenvalue weighted by atomic mass is 35.5. The Morgan fingerprint density at radius 2 is 2.41 bits per heavy atom. The second kappa shape index (κ2) is 5.38. The van der Waals surface area contributed by atoms with E-state index in [1.54, 1.807) is 12.1 Å². The molecule has 2 N–H and O–H groups in total. The molecule has 92 valence electrons. The van der Waals surface area contributed by atoms with Gasteiger partial charge in [-0.2, -0.15) is 0 Å². The molecule has 4 nitrogen and oxygen atoms in total. The lowest BCUT2D eigenvalue weighted by atomic mass is 10.2. The zero-order valence-corrected chi connectivity index (χ0v) is 10.1. The van der Waals surface area contributed by atoms with Gasteiger partial charge in [-0.15, -0.1) is 0 Å². The maximum atomic E-state index is 11.7. The van der Waals surface area contributed by atoms with Crippen LogP contribution < -0.4 is 5.73 Å². The van der Waals surface area contributed by atoms with Crippen molar-refractivity contribution in [2.45, 2.75) is 18.9 Å². The van der Waals surface area contributed by atoms with Crippen LogP contribution in [0.3, 0.4) is 0 Å². The third-order valence-corrected chi connectivity index (χ3v) is 2.95. The van der Waals surface area contributed by atoms with E-state index in [1.807, 2.05) is 0 Å². The van der Waals surface area contributed by atoms with Gasteiger partial charge in [0, 0.05) is 12.3 Å². The van der Waals surface area contributed by atoms with Crippen LogP contribution in [0.4, 0.5) is 5.69 Å². The minimum atomic E-state index is -0.439. The summed E-state index contributed by atoms with van der Waals surface area (Å²) in [6.07, 6.45) is 1.97. The van der Waals surface area contributed by atoms with E-state index in [-0.39, 0.29) is 12.7 Å². The first kappa shape index (κ1) is 12.2. The van der Waals surface area contributed by atoms with Crippen molar-refractivity contribution in [1.29, 1.82) is 0 Å². The van der Waals surface area contributed by atoms with Crippen molar-refractivity contribution in [2.75, 3.05) is 18.9 Å². The zero-order valence-electron chi connectivity index (χ0n) is 9.32. The van der Waals surface area contributed by atoms with Crippen LogP contribution in [0.1, 0.15) is 23.2 Å². The fourth-order valence-electron chi connectivity index (χ4n) is 1.72. The number of hydrogen-bond donors (Lipinski definition) is 1. The SMILES string of the molecule is Nc1ccc(C(=O)OCC2CCCO2)c(Cl)c1. The highest BCUT2D eigenvalue weighted by Gasteiger charge is 2.19. The van der Waals surface area contributed by atoms with Crippen LogP contribution in [0, 0.1) is 0 Å². The Hall–Kier alpha value is -1.26. The number of halogens is 1. The molecule has 1 aliphatic rings. The van der Waals surface area contributed by atoms with Gasteiger partial charge in [-0.3, -0.25) is 0 Å². The predicted molar refractivity (Wildman–Crippen MR) is 65.1 cm³/mol. The molecule has 0 saturated carbocycles. The molecule has 1 aromatic carbocycles. The molecule has 0 aromatic heterocycles. The highest BCUT2D eigenvalue weighted by molar-refractivity contribution is 6.33. The third kappa shape index (κ3) is 3.11. The minimum absolute atomic E-state index is 0.0199. The Balaban J connectivity index is 1.94. The summed E-state index contributed by atoms with van der Waals surface area (Å²) in [7, 11) is 0. The Morgan fingerprint density at radius 1 is 1.59 bits per heavy atom. The standard InChI is InChI=1S/C12H14ClNO3/c13-11-6-8(14)3-4-10(11)12(15)17-7-9-2-1-5-16-9/h3-4,6,9H,1-2,5,7,14H2. The van der Waals surface area contributed by atoms with Gasteiger partial charge in [0.25, 0.3) is 0 Å². The Morgan fingerprint density at radius 3 is 3.06 bits per heavy atom. The van der Waals surface area contributed by atoms with Crippen LogP contribution in [0.2, 0.25) is 5.02 Å². The maximum absolute atomic E-state index is 11.7. The zero-order chi connectivity index (χ0) is 12.3. The number of hydrogen-bond acceptors (Lipinski definition) is 4. The first-order chi connectivity index (χ1) is 8.16. The lowest BCUT2D eigenvalue weighted by Gasteiger charge is -2.10. The average Bonchev–Trinajstić information content (AvgIpc) is 2.78. The van der Waals surface area contributed by atoms with Crippen molar-refractivity contribution < 1.29 is 14.3 Å². The van der Waals surface area contributed by atoms with E-state index in [1.165, 1.54) is 6.07 Å². The van der Waals surface area contributed by atoms with Crippen LogP contribution in [0.25, 0.3) is 0 Å². The van der Waals surface area contributed by atoms with Gasteiger partial charge in [-0.1, -0.05) is 11.6 Å². The molecule has 1 saturated heterocycles. The van der Waals surface area contributed by atoms with Gasteiger partial charge in [0.15, 0.2) is 0 Å². The third-order valence-electron chi connectivity index (χ3n) is 2.64. The van der Waals surface area contributed by atoms with Crippen molar-refractivity contribution in [1.82, 2.24) is 0 Å². The maximum Gasteiger partial charge on any atom is 0.339 e. The second-order valence-electron chi connectivity index (χ2n) is 3.97. The Bertz CT molecular complexity index is 416. The van der Waals surface area contributed by atoms with E-state index in [0.29, 0.717) is 16.3 Å². The Kier molecular flexibility index (Phi) is 3.86. The number of rotatable bonds is 3. The van der Waals surface area contributed by atoms with Crippen LogP contribution in [0.15, 0.2) is 18.2 Å². The lowest BCUT2D eigenvalue weighted by molar-refractivity contribution is 0.0161. The molecule has 1 unspecified atom stereocenters. The second-order valence-corrected chi connectivity index (χ2v) is 4.38. The van der Waals surface area contributed by atoms with Crippen molar-refractivity contribution in [3.63, 3.8) is 0 Å².